The molecular weight excluding hydrogens is 228 g/mol. The van der Waals surface area contributed by atoms with Gasteiger partial charge in [0.05, 0.1) is 7.11 Å². The minimum Gasteiger partial charge on any atom is -0.507 e. The summed E-state index contributed by atoms with van der Waals surface area (Å²) in [5.74, 6) is 1.01. The molecule has 4 nitrogen and oxygen atoms in total. The van der Waals surface area contributed by atoms with Crippen LogP contribution < -0.4 is 10.1 Å². The van der Waals surface area contributed by atoms with Crippen molar-refractivity contribution in [2.75, 3.05) is 20.2 Å². The summed E-state index contributed by atoms with van der Waals surface area (Å²) in [5.41, 5.74) is 0.956. The molecule has 0 bridgehead atoms. The zero-order valence-corrected chi connectivity index (χ0v) is 11.3. The van der Waals surface area contributed by atoms with Crippen molar-refractivity contribution in [3.8, 4) is 11.5 Å². The van der Waals surface area contributed by atoms with Crippen molar-refractivity contribution in [3.05, 3.63) is 23.8 Å². The summed E-state index contributed by atoms with van der Waals surface area (Å²) in [6.07, 6.45) is 0. The maximum Gasteiger partial charge on any atom is 0.123 e. The molecule has 18 heavy (non-hydrogen) atoms. The molecule has 1 fully saturated rings. The van der Waals surface area contributed by atoms with Gasteiger partial charge in [-0.05, 0) is 19.9 Å². The SMILES string of the molecule is COc1ccc(CN2CC(C)NC(C)C2)c(O)c1. The Labute approximate surface area is 109 Å². The number of phenols is 1. The lowest BCUT2D eigenvalue weighted by Crippen LogP contribution is -2.53. The van der Waals surface area contributed by atoms with Gasteiger partial charge >= 0.3 is 0 Å². The van der Waals surface area contributed by atoms with Gasteiger partial charge < -0.3 is 15.2 Å². The van der Waals surface area contributed by atoms with Crippen LogP contribution in [0.4, 0.5) is 0 Å². The van der Waals surface area contributed by atoms with Gasteiger partial charge in [0.25, 0.3) is 0 Å². The number of phenolic OH excluding ortho intramolecular Hbond substituents is 1. The largest absolute Gasteiger partial charge is 0.507 e. The van der Waals surface area contributed by atoms with Crippen molar-refractivity contribution in [2.24, 2.45) is 0 Å². The van der Waals surface area contributed by atoms with Gasteiger partial charge in [0.2, 0.25) is 0 Å². The number of aromatic hydroxyl groups is 1. The predicted octanol–water partition coefficient (Wildman–Crippen LogP) is 1.58. The van der Waals surface area contributed by atoms with Crippen molar-refractivity contribution in [2.45, 2.75) is 32.5 Å². The van der Waals surface area contributed by atoms with Crippen LogP contribution in [0.15, 0.2) is 18.2 Å². The zero-order valence-electron chi connectivity index (χ0n) is 11.3. The maximum absolute atomic E-state index is 9.96. The molecule has 2 atom stereocenters. The van der Waals surface area contributed by atoms with Crippen molar-refractivity contribution >= 4 is 0 Å². The summed E-state index contributed by atoms with van der Waals surface area (Å²) in [7, 11) is 1.61. The highest BCUT2D eigenvalue weighted by molar-refractivity contribution is 5.39. The fourth-order valence-electron chi connectivity index (χ4n) is 2.61. The standard InChI is InChI=1S/C14H22N2O2/c1-10-7-16(8-11(2)15-10)9-12-4-5-13(18-3)6-14(12)17/h4-6,10-11,15,17H,7-9H2,1-3H3. The number of hydrogen-bond acceptors (Lipinski definition) is 4. The molecule has 4 heteroatoms. The van der Waals surface area contributed by atoms with Crippen LogP contribution in [0.3, 0.4) is 0 Å². The van der Waals surface area contributed by atoms with Crippen LogP contribution in [0, 0.1) is 0 Å². The average molecular weight is 250 g/mol. The fourth-order valence-corrected chi connectivity index (χ4v) is 2.61. The number of methoxy groups -OCH3 is 1. The molecule has 1 saturated heterocycles. The van der Waals surface area contributed by atoms with E-state index in [9.17, 15) is 5.11 Å². The molecule has 1 aliphatic heterocycles. The fraction of sp³-hybridized carbons (Fsp3) is 0.571. The molecule has 0 radical (unpaired) electrons. The molecule has 2 rings (SSSR count). The first-order chi connectivity index (χ1) is 8.58. The first-order valence-corrected chi connectivity index (χ1v) is 6.42. The lowest BCUT2D eigenvalue weighted by Gasteiger charge is -2.36. The van der Waals surface area contributed by atoms with E-state index in [1.807, 2.05) is 12.1 Å². The van der Waals surface area contributed by atoms with Gasteiger partial charge in [0.15, 0.2) is 0 Å². The third-order valence-corrected chi connectivity index (χ3v) is 3.32. The van der Waals surface area contributed by atoms with E-state index in [-0.39, 0.29) is 0 Å². The third-order valence-electron chi connectivity index (χ3n) is 3.32. The molecule has 100 valence electrons. The number of piperazine rings is 1. The minimum absolute atomic E-state index is 0.313. The first-order valence-electron chi connectivity index (χ1n) is 6.42. The Balaban J connectivity index is 2.04. The molecule has 0 amide bonds. The van der Waals surface area contributed by atoms with E-state index >= 15 is 0 Å². The van der Waals surface area contributed by atoms with E-state index in [1.54, 1.807) is 13.2 Å². The molecular formula is C14H22N2O2. The summed E-state index contributed by atoms with van der Waals surface area (Å²) in [6.45, 7) is 7.19. The normalized spacial score (nSPS) is 25.1. The number of rotatable bonds is 3. The second kappa shape index (κ2) is 5.59. The van der Waals surface area contributed by atoms with Gasteiger partial charge in [-0.2, -0.15) is 0 Å². The molecule has 2 unspecified atom stereocenters. The first kappa shape index (κ1) is 13.2. The second-order valence-corrected chi connectivity index (χ2v) is 5.16. The highest BCUT2D eigenvalue weighted by Gasteiger charge is 2.21. The zero-order chi connectivity index (χ0) is 13.1. The van der Waals surface area contributed by atoms with Crippen molar-refractivity contribution < 1.29 is 9.84 Å². The van der Waals surface area contributed by atoms with E-state index < -0.39 is 0 Å². The molecule has 2 N–H and O–H groups in total. The third kappa shape index (κ3) is 3.15. The summed E-state index contributed by atoms with van der Waals surface area (Å²) < 4.78 is 5.09. The van der Waals surface area contributed by atoms with Crippen LogP contribution in [0.25, 0.3) is 0 Å². The van der Waals surface area contributed by atoms with Crippen LogP contribution in [-0.4, -0.2) is 42.3 Å². The number of ether oxygens (including phenoxy) is 1. The highest BCUT2D eigenvalue weighted by Crippen LogP contribution is 2.25. The van der Waals surface area contributed by atoms with Crippen LogP contribution >= 0.6 is 0 Å². The van der Waals surface area contributed by atoms with Gasteiger partial charge in [-0.1, -0.05) is 6.07 Å². The summed E-state index contributed by atoms with van der Waals surface area (Å²) >= 11 is 0. The highest BCUT2D eigenvalue weighted by atomic mass is 16.5. The Hall–Kier alpha value is -1.26. The second-order valence-electron chi connectivity index (χ2n) is 5.16. The Morgan fingerprint density at radius 1 is 1.33 bits per heavy atom. The predicted molar refractivity (Wildman–Crippen MR) is 72.0 cm³/mol. The molecule has 1 aromatic rings. The van der Waals surface area contributed by atoms with E-state index in [1.165, 1.54) is 0 Å². The summed E-state index contributed by atoms with van der Waals surface area (Å²) in [6, 6.07) is 6.49. The smallest absolute Gasteiger partial charge is 0.123 e. The van der Waals surface area contributed by atoms with Crippen LogP contribution in [0.5, 0.6) is 11.5 Å². The van der Waals surface area contributed by atoms with E-state index in [2.05, 4.69) is 24.1 Å². The maximum atomic E-state index is 9.96. The minimum atomic E-state index is 0.313. The van der Waals surface area contributed by atoms with Gasteiger partial charge in [0, 0.05) is 43.3 Å². The molecule has 0 saturated carbocycles. The van der Waals surface area contributed by atoms with Crippen molar-refractivity contribution in [1.82, 2.24) is 10.2 Å². The topological polar surface area (TPSA) is 44.7 Å². The van der Waals surface area contributed by atoms with Gasteiger partial charge in [0.1, 0.15) is 11.5 Å². The van der Waals surface area contributed by atoms with Crippen LogP contribution in [0.1, 0.15) is 19.4 Å². The molecule has 0 aliphatic carbocycles. The molecule has 1 aromatic carbocycles. The molecule has 1 heterocycles. The Bertz CT molecular complexity index is 399. The van der Waals surface area contributed by atoms with Crippen LogP contribution in [-0.2, 0) is 6.54 Å². The van der Waals surface area contributed by atoms with E-state index in [0.29, 0.717) is 23.6 Å². The van der Waals surface area contributed by atoms with Gasteiger partial charge in [-0.3, -0.25) is 4.90 Å². The number of hydrogen-bond donors (Lipinski definition) is 2. The quantitative estimate of drug-likeness (QED) is 0.855. The number of nitrogens with one attached hydrogen (secondary N) is 1. The van der Waals surface area contributed by atoms with E-state index in [0.717, 1.165) is 25.2 Å². The monoisotopic (exact) mass is 250 g/mol. The van der Waals surface area contributed by atoms with Gasteiger partial charge in [-0.25, -0.2) is 0 Å². The summed E-state index contributed by atoms with van der Waals surface area (Å²) in [4.78, 5) is 2.37. The molecule has 1 aliphatic rings. The lowest BCUT2D eigenvalue weighted by atomic mass is 10.1. The number of benzene rings is 1. The van der Waals surface area contributed by atoms with Crippen molar-refractivity contribution in [1.29, 1.82) is 0 Å². The van der Waals surface area contributed by atoms with Crippen LogP contribution in [0.2, 0.25) is 0 Å². The summed E-state index contributed by atoms with van der Waals surface area (Å²) in [5, 5.41) is 13.5. The van der Waals surface area contributed by atoms with Crippen molar-refractivity contribution in [3.63, 3.8) is 0 Å². The Morgan fingerprint density at radius 3 is 2.56 bits per heavy atom. The Morgan fingerprint density at radius 2 is 2.00 bits per heavy atom. The lowest BCUT2D eigenvalue weighted by molar-refractivity contribution is 0.165. The van der Waals surface area contributed by atoms with E-state index in [4.69, 9.17) is 4.74 Å². The van der Waals surface area contributed by atoms with Gasteiger partial charge in [-0.15, -0.1) is 0 Å². The number of nitrogens with zero attached hydrogens (tertiary/aromatic N) is 1. The molecule has 0 aromatic heterocycles. The average Bonchev–Trinajstić information content (AvgIpc) is 2.30. The molecule has 0 spiro atoms. The Kier molecular flexibility index (Phi) is 4.09.